The number of carbonyl (C=O) groups excluding carboxylic acids is 1. The van der Waals surface area contributed by atoms with Gasteiger partial charge in [0, 0.05) is 16.4 Å². The van der Waals surface area contributed by atoms with Crippen molar-refractivity contribution in [2.45, 2.75) is 26.3 Å². The molecule has 0 aliphatic heterocycles. The van der Waals surface area contributed by atoms with Gasteiger partial charge < -0.3 is 9.84 Å². The Morgan fingerprint density at radius 1 is 1.36 bits per heavy atom. The molecule has 7 heteroatoms. The summed E-state index contributed by atoms with van der Waals surface area (Å²) in [6.07, 6.45) is 1.99. The van der Waals surface area contributed by atoms with Crippen LogP contribution in [0.3, 0.4) is 0 Å². The van der Waals surface area contributed by atoms with E-state index in [4.69, 9.17) is 4.52 Å². The van der Waals surface area contributed by atoms with Crippen LogP contribution in [0.15, 0.2) is 34.9 Å². The molecule has 0 saturated heterocycles. The van der Waals surface area contributed by atoms with Gasteiger partial charge in [0.25, 0.3) is 5.89 Å². The fraction of sp³-hybridized carbons (Fsp3) is 0.278. The monoisotopic (exact) mass is 357 g/mol. The van der Waals surface area contributed by atoms with Crippen LogP contribution in [0.4, 0.5) is 4.39 Å². The zero-order valence-corrected chi connectivity index (χ0v) is 14.4. The standard InChI is InChI=1S/C18H16FN3O2S/c1-10-2-3-12(8-14(10)19)18-21-16(22-24-18)15-7-6-13(25-15)9-20-17(23)11-4-5-11/h2-3,6-8,11H,4-5,9H2,1H3,(H,20,23). The summed E-state index contributed by atoms with van der Waals surface area (Å²) < 4.78 is 18.9. The predicted molar refractivity (Wildman–Crippen MR) is 92.3 cm³/mol. The minimum absolute atomic E-state index is 0.123. The van der Waals surface area contributed by atoms with Gasteiger partial charge in [-0.25, -0.2) is 4.39 Å². The molecule has 0 atom stereocenters. The molecule has 0 unspecified atom stereocenters. The first-order valence-corrected chi connectivity index (χ1v) is 8.89. The number of aryl methyl sites for hydroxylation is 1. The van der Waals surface area contributed by atoms with Crippen molar-refractivity contribution in [3.05, 3.63) is 46.6 Å². The number of carbonyl (C=O) groups is 1. The molecule has 1 fully saturated rings. The topological polar surface area (TPSA) is 68.0 Å². The first kappa shape index (κ1) is 16.0. The molecule has 25 heavy (non-hydrogen) atoms. The third kappa shape index (κ3) is 3.46. The van der Waals surface area contributed by atoms with E-state index in [9.17, 15) is 9.18 Å². The fourth-order valence-electron chi connectivity index (χ4n) is 2.42. The molecule has 1 saturated carbocycles. The van der Waals surface area contributed by atoms with Crippen molar-refractivity contribution < 1.29 is 13.7 Å². The molecule has 1 aliphatic rings. The average Bonchev–Trinajstić information content (AvgIpc) is 3.16. The molecule has 2 aromatic heterocycles. The number of rotatable bonds is 5. The molecule has 4 rings (SSSR count). The lowest BCUT2D eigenvalue weighted by atomic mass is 10.1. The van der Waals surface area contributed by atoms with Gasteiger partial charge in [-0.15, -0.1) is 11.3 Å². The summed E-state index contributed by atoms with van der Waals surface area (Å²) >= 11 is 1.50. The minimum Gasteiger partial charge on any atom is -0.351 e. The van der Waals surface area contributed by atoms with E-state index in [1.165, 1.54) is 17.4 Å². The second-order valence-electron chi connectivity index (χ2n) is 6.15. The van der Waals surface area contributed by atoms with Crippen molar-refractivity contribution in [2.75, 3.05) is 0 Å². The molecule has 1 aliphatic carbocycles. The quantitative estimate of drug-likeness (QED) is 0.751. The zero-order chi connectivity index (χ0) is 17.4. The van der Waals surface area contributed by atoms with Gasteiger partial charge in [0.15, 0.2) is 0 Å². The SMILES string of the molecule is Cc1ccc(-c2nc(-c3ccc(CNC(=O)C4CC4)s3)no2)cc1F. The summed E-state index contributed by atoms with van der Waals surface area (Å²) in [6, 6.07) is 8.66. The number of amides is 1. The van der Waals surface area contributed by atoms with E-state index in [1.54, 1.807) is 19.1 Å². The number of nitrogens with zero attached hydrogens (tertiary/aromatic N) is 2. The van der Waals surface area contributed by atoms with Gasteiger partial charge >= 0.3 is 0 Å². The summed E-state index contributed by atoms with van der Waals surface area (Å²) in [5, 5.41) is 6.91. The zero-order valence-electron chi connectivity index (χ0n) is 13.6. The van der Waals surface area contributed by atoms with Crippen molar-refractivity contribution in [2.24, 2.45) is 5.92 Å². The van der Waals surface area contributed by atoms with Crippen molar-refractivity contribution in [1.82, 2.24) is 15.5 Å². The molecule has 2 heterocycles. The highest BCUT2D eigenvalue weighted by Crippen LogP contribution is 2.30. The van der Waals surface area contributed by atoms with E-state index >= 15 is 0 Å². The molecule has 3 aromatic rings. The van der Waals surface area contributed by atoms with E-state index in [-0.39, 0.29) is 23.5 Å². The van der Waals surface area contributed by atoms with Crippen molar-refractivity contribution in [3.8, 4) is 22.2 Å². The van der Waals surface area contributed by atoms with Gasteiger partial charge in [-0.3, -0.25) is 4.79 Å². The van der Waals surface area contributed by atoms with Crippen LogP contribution < -0.4 is 5.32 Å². The van der Waals surface area contributed by atoms with Crippen LogP contribution in [0.1, 0.15) is 23.3 Å². The second-order valence-corrected chi connectivity index (χ2v) is 7.31. The van der Waals surface area contributed by atoms with Gasteiger partial charge in [-0.1, -0.05) is 11.2 Å². The number of thiophene rings is 1. The Kier molecular flexibility index (Phi) is 4.09. The Morgan fingerprint density at radius 2 is 2.20 bits per heavy atom. The molecule has 0 bridgehead atoms. The Labute approximate surface area is 147 Å². The van der Waals surface area contributed by atoms with Crippen molar-refractivity contribution in [3.63, 3.8) is 0 Å². The summed E-state index contributed by atoms with van der Waals surface area (Å²) in [5.74, 6) is 0.765. The maximum atomic E-state index is 13.7. The average molecular weight is 357 g/mol. The molecule has 5 nitrogen and oxygen atoms in total. The minimum atomic E-state index is -0.304. The number of nitrogens with one attached hydrogen (secondary N) is 1. The normalized spacial score (nSPS) is 13.8. The van der Waals surface area contributed by atoms with E-state index in [1.807, 2.05) is 12.1 Å². The van der Waals surface area contributed by atoms with Gasteiger partial charge in [0.2, 0.25) is 11.7 Å². The van der Waals surface area contributed by atoms with Crippen LogP contribution in [-0.4, -0.2) is 16.0 Å². The second kappa shape index (κ2) is 6.40. The van der Waals surface area contributed by atoms with E-state index in [0.717, 1.165) is 22.6 Å². The van der Waals surface area contributed by atoms with Crippen LogP contribution in [0.25, 0.3) is 22.2 Å². The highest BCUT2D eigenvalue weighted by atomic mass is 32.1. The smallest absolute Gasteiger partial charge is 0.258 e. The Balaban J connectivity index is 1.48. The molecule has 0 radical (unpaired) electrons. The third-order valence-corrected chi connectivity index (χ3v) is 5.19. The molecular formula is C18H16FN3O2S. The fourth-order valence-corrected chi connectivity index (χ4v) is 3.30. The van der Waals surface area contributed by atoms with Crippen LogP contribution in [0, 0.1) is 18.7 Å². The summed E-state index contributed by atoms with van der Waals surface area (Å²) in [6.45, 7) is 2.21. The Bertz CT molecular complexity index is 930. The highest BCUT2D eigenvalue weighted by molar-refractivity contribution is 7.15. The predicted octanol–water partition coefficient (Wildman–Crippen LogP) is 3.94. The largest absolute Gasteiger partial charge is 0.351 e. The molecule has 1 N–H and O–H groups in total. The third-order valence-electron chi connectivity index (χ3n) is 4.11. The number of benzene rings is 1. The maximum absolute atomic E-state index is 13.7. The van der Waals surface area contributed by atoms with Gasteiger partial charge in [0.1, 0.15) is 5.82 Å². The van der Waals surface area contributed by atoms with Crippen molar-refractivity contribution in [1.29, 1.82) is 0 Å². The van der Waals surface area contributed by atoms with Gasteiger partial charge in [-0.05, 0) is 49.6 Å². The first-order valence-electron chi connectivity index (χ1n) is 8.07. The van der Waals surface area contributed by atoms with E-state index < -0.39 is 0 Å². The van der Waals surface area contributed by atoms with Gasteiger partial charge in [-0.2, -0.15) is 4.98 Å². The van der Waals surface area contributed by atoms with Crippen LogP contribution in [-0.2, 0) is 11.3 Å². The summed E-state index contributed by atoms with van der Waals surface area (Å²) in [4.78, 5) is 17.9. The molecule has 1 aromatic carbocycles. The van der Waals surface area contributed by atoms with Crippen LogP contribution in [0.5, 0.6) is 0 Å². The number of aromatic nitrogens is 2. The van der Waals surface area contributed by atoms with E-state index in [0.29, 0.717) is 23.5 Å². The summed E-state index contributed by atoms with van der Waals surface area (Å²) in [5.41, 5.74) is 1.12. The van der Waals surface area contributed by atoms with E-state index in [2.05, 4.69) is 15.5 Å². The molecular weight excluding hydrogens is 341 g/mol. The number of hydrogen-bond donors (Lipinski definition) is 1. The lowest BCUT2D eigenvalue weighted by Crippen LogP contribution is -2.23. The first-order chi connectivity index (χ1) is 12.1. The molecule has 0 spiro atoms. The Hall–Kier alpha value is -2.54. The lowest BCUT2D eigenvalue weighted by molar-refractivity contribution is -0.122. The van der Waals surface area contributed by atoms with Crippen molar-refractivity contribution >= 4 is 17.2 Å². The maximum Gasteiger partial charge on any atom is 0.258 e. The summed E-state index contributed by atoms with van der Waals surface area (Å²) in [7, 11) is 0. The number of halogens is 1. The highest BCUT2D eigenvalue weighted by Gasteiger charge is 2.29. The molecule has 128 valence electrons. The van der Waals surface area contributed by atoms with Crippen LogP contribution >= 0.6 is 11.3 Å². The van der Waals surface area contributed by atoms with Gasteiger partial charge in [0.05, 0.1) is 11.4 Å². The Morgan fingerprint density at radius 3 is 2.96 bits per heavy atom. The number of hydrogen-bond acceptors (Lipinski definition) is 5. The lowest BCUT2D eigenvalue weighted by Gasteiger charge is -2.00. The van der Waals surface area contributed by atoms with Crippen LogP contribution in [0.2, 0.25) is 0 Å². The molecule has 1 amide bonds.